The van der Waals surface area contributed by atoms with Crippen LogP contribution in [0.2, 0.25) is 0 Å². The molecule has 0 radical (unpaired) electrons. The standard InChI is InChI=1S/C17H15BrFNO3/c1-20(17(21)13-9-12(18)3-4-14(13)19)10-11-2-5-15-16(8-11)23-7-6-22-15/h2-5,8-9H,6-7,10H2,1H3. The van der Waals surface area contributed by atoms with Gasteiger partial charge in [0.2, 0.25) is 0 Å². The summed E-state index contributed by atoms with van der Waals surface area (Å²) in [4.78, 5) is 13.9. The summed E-state index contributed by atoms with van der Waals surface area (Å²) in [6.07, 6.45) is 0. The molecule has 120 valence electrons. The van der Waals surface area contributed by atoms with E-state index in [1.807, 2.05) is 18.2 Å². The van der Waals surface area contributed by atoms with Crippen LogP contribution >= 0.6 is 15.9 Å². The first-order chi connectivity index (χ1) is 11.0. The molecule has 0 spiro atoms. The maximum atomic E-state index is 13.8. The lowest BCUT2D eigenvalue weighted by atomic mass is 10.1. The summed E-state index contributed by atoms with van der Waals surface area (Å²) in [5, 5.41) is 0. The Balaban J connectivity index is 1.77. The summed E-state index contributed by atoms with van der Waals surface area (Å²) >= 11 is 3.25. The molecular weight excluding hydrogens is 365 g/mol. The highest BCUT2D eigenvalue weighted by Gasteiger charge is 2.18. The Morgan fingerprint density at radius 3 is 2.70 bits per heavy atom. The van der Waals surface area contributed by atoms with Gasteiger partial charge in [0.15, 0.2) is 11.5 Å². The van der Waals surface area contributed by atoms with E-state index in [-0.39, 0.29) is 11.5 Å². The third-order valence-electron chi connectivity index (χ3n) is 3.53. The van der Waals surface area contributed by atoms with Gasteiger partial charge >= 0.3 is 0 Å². The summed E-state index contributed by atoms with van der Waals surface area (Å²) in [6.45, 7) is 1.39. The summed E-state index contributed by atoms with van der Waals surface area (Å²) in [5.41, 5.74) is 0.930. The fourth-order valence-electron chi connectivity index (χ4n) is 2.40. The van der Waals surface area contributed by atoms with Crippen molar-refractivity contribution in [2.45, 2.75) is 6.54 Å². The highest BCUT2D eigenvalue weighted by molar-refractivity contribution is 9.10. The van der Waals surface area contributed by atoms with Crippen molar-refractivity contribution in [1.29, 1.82) is 0 Å². The van der Waals surface area contributed by atoms with E-state index >= 15 is 0 Å². The minimum Gasteiger partial charge on any atom is -0.486 e. The number of carbonyl (C=O) groups is 1. The second kappa shape index (κ2) is 6.58. The smallest absolute Gasteiger partial charge is 0.256 e. The number of halogens is 2. The van der Waals surface area contributed by atoms with Crippen molar-refractivity contribution in [3.63, 3.8) is 0 Å². The molecule has 0 saturated heterocycles. The van der Waals surface area contributed by atoms with E-state index in [9.17, 15) is 9.18 Å². The Kier molecular flexibility index (Phi) is 4.52. The minimum absolute atomic E-state index is 0.0411. The van der Waals surface area contributed by atoms with Gasteiger partial charge in [-0.2, -0.15) is 0 Å². The Morgan fingerprint density at radius 1 is 1.17 bits per heavy atom. The molecule has 0 bridgehead atoms. The molecule has 0 unspecified atom stereocenters. The van der Waals surface area contributed by atoms with Crippen LogP contribution < -0.4 is 9.47 Å². The van der Waals surface area contributed by atoms with Crippen molar-refractivity contribution in [2.24, 2.45) is 0 Å². The second-order valence-electron chi connectivity index (χ2n) is 5.26. The van der Waals surface area contributed by atoms with Gasteiger partial charge in [-0.1, -0.05) is 22.0 Å². The summed E-state index contributed by atoms with van der Waals surface area (Å²) in [5.74, 6) is 0.459. The number of amides is 1. The first kappa shape index (κ1) is 15.8. The van der Waals surface area contributed by atoms with Crippen LogP contribution in [0.5, 0.6) is 11.5 Å². The zero-order valence-corrected chi connectivity index (χ0v) is 14.1. The monoisotopic (exact) mass is 379 g/mol. The zero-order chi connectivity index (χ0) is 16.4. The molecule has 1 aliphatic rings. The van der Waals surface area contributed by atoms with E-state index in [1.165, 1.54) is 17.0 Å². The quantitative estimate of drug-likeness (QED) is 0.817. The lowest BCUT2D eigenvalue weighted by molar-refractivity contribution is 0.0780. The van der Waals surface area contributed by atoms with Crippen LogP contribution in [-0.2, 0) is 6.54 Å². The predicted molar refractivity (Wildman–Crippen MR) is 87.3 cm³/mol. The molecule has 1 heterocycles. The summed E-state index contributed by atoms with van der Waals surface area (Å²) in [7, 11) is 1.64. The van der Waals surface area contributed by atoms with Gasteiger partial charge in [0.05, 0.1) is 5.56 Å². The molecule has 0 saturated carbocycles. The molecule has 0 N–H and O–H groups in total. The lowest BCUT2D eigenvalue weighted by Gasteiger charge is -2.21. The van der Waals surface area contributed by atoms with Gasteiger partial charge in [-0.05, 0) is 35.9 Å². The number of nitrogens with zero attached hydrogens (tertiary/aromatic N) is 1. The van der Waals surface area contributed by atoms with Crippen molar-refractivity contribution in [3.8, 4) is 11.5 Å². The molecule has 0 aromatic heterocycles. The minimum atomic E-state index is -0.535. The van der Waals surface area contributed by atoms with E-state index < -0.39 is 5.82 Å². The molecule has 0 atom stereocenters. The molecule has 2 aromatic carbocycles. The van der Waals surface area contributed by atoms with Gasteiger partial charge in [0, 0.05) is 18.1 Å². The van der Waals surface area contributed by atoms with Crippen LogP contribution in [0, 0.1) is 5.82 Å². The molecule has 3 rings (SSSR count). The number of benzene rings is 2. The van der Waals surface area contributed by atoms with E-state index in [4.69, 9.17) is 9.47 Å². The number of fused-ring (bicyclic) bond motifs is 1. The van der Waals surface area contributed by atoms with Gasteiger partial charge in [-0.15, -0.1) is 0 Å². The Bertz CT molecular complexity index is 751. The predicted octanol–water partition coefficient (Wildman–Crippen LogP) is 3.63. The number of hydrogen-bond acceptors (Lipinski definition) is 3. The van der Waals surface area contributed by atoms with Crippen LogP contribution in [0.4, 0.5) is 4.39 Å². The van der Waals surface area contributed by atoms with Gasteiger partial charge in [-0.25, -0.2) is 4.39 Å². The molecule has 1 amide bonds. The Hall–Kier alpha value is -2.08. The average Bonchev–Trinajstić information content (AvgIpc) is 2.56. The highest BCUT2D eigenvalue weighted by atomic mass is 79.9. The van der Waals surface area contributed by atoms with E-state index in [0.717, 1.165) is 5.56 Å². The normalized spacial score (nSPS) is 12.8. The van der Waals surface area contributed by atoms with Crippen molar-refractivity contribution >= 4 is 21.8 Å². The molecule has 4 nitrogen and oxygen atoms in total. The molecule has 2 aromatic rings. The fourth-order valence-corrected chi connectivity index (χ4v) is 2.76. The number of hydrogen-bond donors (Lipinski definition) is 0. The van der Waals surface area contributed by atoms with Crippen LogP contribution in [0.1, 0.15) is 15.9 Å². The van der Waals surface area contributed by atoms with Crippen molar-refractivity contribution in [2.75, 3.05) is 20.3 Å². The number of carbonyl (C=O) groups excluding carboxylic acids is 1. The summed E-state index contributed by atoms with van der Waals surface area (Å²) < 4.78 is 25.5. The molecular formula is C17H15BrFNO3. The highest BCUT2D eigenvalue weighted by Crippen LogP contribution is 2.31. The van der Waals surface area contributed by atoms with Gasteiger partial charge in [-0.3, -0.25) is 4.79 Å². The molecule has 0 fully saturated rings. The van der Waals surface area contributed by atoms with E-state index in [1.54, 1.807) is 13.1 Å². The van der Waals surface area contributed by atoms with E-state index in [2.05, 4.69) is 15.9 Å². The van der Waals surface area contributed by atoms with Gasteiger partial charge < -0.3 is 14.4 Å². The maximum absolute atomic E-state index is 13.8. The van der Waals surface area contributed by atoms with Crippen LogP contribution in [0.15, 0.2) is 40.9 Å². The first-order valence-electron chi connectivity index (χ1n) is 7.13. The van der Waals surface area contributed by atoms with Gasteiger partial charge in [0.25, 0.3) is 5.91 Å². The largest absolute Gasteiger partial charge is 0.486 e. The maximum Gasteiger partial charge on any atom is 0.256 e. The Morgan fingerprint density at radius 2 is 1.91 bits per heavy atom. The molecule has 6 heteroatoms. The van der Waals surface area contributed by atoms with Crippen molar-refractivity contribution in [1.82, 2.24) is 4.90 Å². The molecule has 0 aliphatic carbocycles. The van der Waals surface area contributed by atoms with Crippen LogP contribution in [-0.4, -0.2) is 31.1 Å². The van der Waals surface area contributed by atoms with Crippen molar-refractivity contribution in [3.05, 3.63) is 57.8 Å². The third kappa shape index (κ3) is 3.47. The Labute approximate surface area is 141 Å². The van der Waals surface area contributed by atoms with E-state index in [0.29, 0.717) is 35.7 Å². The second-order valence-corrected chi connectivity index (χ2v) is 6.18. The fraction of sp³-hybridized carbons (Fsp3) is 0.235. The number of ether oxygens (including phenoxy) is 2. The van der Waals surface area contributed by atoms with Crippen molar-refractivity contribution < 1.29 is 18.7 Å². The zero-order valence-electron chi connectivity index (χ0n) is 12.5. The van der Waals surface area contributed by atoms with Gasteiger partial charge in [0.1, 0.15) is 19.0 Å². The van der Waals surface area contributed by atoms with Crippen LogP contribution in [0.25, 0.3) is 0 Å². The topological polar surface area (TPSA) is 38.8 Å². The first-order valence-corrected chi connectivity index (χ1v) is 7.93. The SMILES string of the molecule is CN(Cc1ccc2c(c1)OCCO2)C(=O)c1cc(Br)ccc1F. The third-order valence-corrected chi connectivity index (χ3v) is 4.03. The number of rotatable bonds is 3. The average molecular weight is 380 g/mol. The van der Waals surface area contributed by atoms with Crippen LogP contribution in [0.3, 0.4) is 0 Å². The lowest BCUT2D eigenvalue weighted by Crippen LogP contribution is -2.27. The molecule has 23 heavy (non-hydrogen) atoms. The molecule has 1 aliphatic heterocycles. The summed E-state index contributed by atoms with van der Waals surface area (Å²) in [6, 6.07) is 9.85.